The van der Waals surface area contributed by atoms with Crippen molar-refractivity contribution in [1.29, 1.82) is 0 Å². The topological polar surface area (TPSA) is 81.7 Å². The van der Waals surface area contributed by atoms with Crippen LogP contribution in [0.25, 0.3) is 0 Å². The maximum Gasteiger partial charge on any atom is 0.255 e. The quantitative estimate of drug-likeness (QED) is 0.872. The summed E-state index contributed by atoms with van der Waals surface area (Å²) in [6.07, 6.45) is 0.595. The van der Waals surface area contributed by atoms with E-state index in [4.69, 9.17) is 9.47 Å². The van der Waals surface area contributed by atoms with E-state index in [2.05, 4.69) is 5.32 Å². The van der Waals surface area contributed by atoms with Crippen LogP contribution in [0.5, 0.6) is 11.5 Å². The number of amides is 1. The molecule has 2 rings (SSSR count). The summed E-state index contributed by atoms with van der Waals surface area (Å²) >= 11 is 0. The highest BCUT2D eigenvalue weighted by atomic mass is 32.2. The molecule has 1 atom stereocenters. The van der Waals surface area contributed by atoms with Crippen molar-refractivity contribution >= 4 is 15.7 Å². The van der Waals surface area contributed by atoms with Crippen LogP contribution in [-0.4, -0.2) is 46.6 Å². The van der Waals surface area contributed by atoms with Crippen LogP contribution >= 0.6 is 0 Å². The highest BCUT2D eigenvalue weighted by Gasteiger charge is 2.28. The first-order chi connectivity index (χ1) is 9.96. The van der Waals surface area contributed by atoms with E-state index in [0.717, 1.165) is 0 Å². The van der Waals surface area contributed by atoms with Gasteiger partial charge in [-0.15, -0.1) is 0 Å². The van der Waals surface area contributed by atoms with E-state index in [9.17, 15) is 13.2 Å². The van der Waals surface area contributed by atoms with E-state index in [1.54, 1.807) is 18.2 Å². The molecule has 1 heterocycles. The number of carbonyl (C=O) groups is 1. The molecule has 21 heavy (non-hydrogen) atoms. The Hall–Kier alpha value is -1.76. The Balaban J connectivity index is 2.04. The number of hydrogen-bond donors (Lipinski definition) is 1. The largest absolute Gasteiger partial charge is 0.493 e. The number of ether oxygens (including phenoxy) is 2. The molecule has 1 aliphatic rings. The minimum Gasteiger partial charge on any atom is -0.493 e. The lowest BCUT2D eigenvalue weighted by molar-refractivity contribution is 0.0944. The number of rotatable bonds is 5. The zero-order valence-corrected chi connectivity index (χ0v) is 12.9. The monoisotopic (exact) mass is 313 g/mol. The van der Waals surface area contributed by atoms with Gasteiger partial charge >= 0.3 is 0 Å². The molecule has 1 N–H and O–H groups in total. The summed E-state index contributed by atoms with van der Waals surface area (Å²) in [6.45, 7) is 0.346. The summed E-state index contributed by atoms with van der Waals surface area (Å²) in [5, 5.41) is 2.77. The number of hydrogen-bond acceptors (Lipinski definition) is 5. The van der Waals surface area contributed by atoms with E-state index >= 15 is 0 Å². The minimum absolute atomic E-state index is 0.0180. The molecule has 6 nitrogen and oxygen atoms in total. The van der Waals surface area contributed by atoms with Crippen LogP contribution in [0.3, 0.4) is 0 Å². The number of methoxy groups -OCH3 is 2. The van der Waals surface area contributed by atoms with Crippen molar-refractivity contribution in [2.75, 3.05) is 32.3 Å². The molecule has 1 aliphatic heterocycles. The van der Waals surface area contributed by atoms with Crippen molar-refractivity contribution in [3.8, 4) is 11.5 Å². The highest BCUT2D eigenvalue weighted by molar-refractivity contribution is 7.91. The Morgan fingerprint density at radius 2 is 2.10 bits per heavy atom. The first-order valence-corrected chi connectivity index (χ1v) is 8.48. The van der Waals surface area contributed by atoms with Crippen LogP contribution in [0, 0.1) is 5.92 Å². The van der Waals surface area contributed by atoms with Gasteiger partial charge in [0, 0.05) is 6.54 Å². The molecule has 1 aromatic rings. The Morgan fingerprint density at radius 1 is 1.33 bits per heavy atom. The standard InChI is InChI=1S/C14H19NO5S/c1-19-12-5-3-4-11(13(12)20-2)14(16)15-8-10-6-7-21(17,18)9-10/h3-5,10H,6-9H2,1-2H3,(H,15,16). The summed E-state index contributed by atoms with van der Waals surface area (Å²) in [5.74, 6) is 0.883. The molecule has 0 bridgehead atoms. The number of nitrogens with one attached hydrogen (secondary N) is 1. The summed E-state index contributed by atoms with van der Waals surface area (Å²) in [4.78, 5) is 12.2. The third-order valence-corrected chi connectivity index (χ3v) is 5.36. The van der Waals surface area contributed by atoms with E-state index in [1.807, 2.05) is 0 Å². The van der Waals surface area contributed by atoms with Crippen LogP contribution in [0.1, 0.15) is 16.8 Å². The molecule has 0 radical (unpaired) electrons. The lowest BCUT2D eigenvalue weighted by Gasteiger charge is -2.14. The van der Waals surface area contributed by atoms with Gasteiger partial charge < -0.3 is 14.8 Å². The van der Waals surface area contributed by atoms with Crippen LogP contribution in [0.4, 0.5) is 0 Å². The van der Waals surface area contributed by atoms with Crippen molar-refractivity contribution in [1.82, 2.24) is 5.32 Å². The molecular formula is C14H19NO5S. The van der Waals surface area contributed by atoms with Gasteiger partial charge in [0.25, 0.3) is 5.91 Å². The average Bonchev–Trinajstić information content (AvgIpc) is 2.83. The van der Waals surface area contributed by atoms with E-state index in [0.29, 0.717) is 30.0 Å². The number of carbonyl (C=O) groups excluding carboxylic acids is 1. The van der Waals surface area contributed by atoms with Gasteiger partial charge in [-0.05, 0) is 24.5 Å². The van der Waals surface area contributed by atoms with E-state index in [1.165, 1.54) is 14.2 Å². The van der Waals surface area contributed by atoms with Crippen molar-refractivity contribution in [2.45, 2.75) is 6.42 Å². The summed E-state index contributed by atoms with van der Waals surface area (Å²) in [6, 6.07) is 5.05. The van der Waals surface area contributed by atoms with Crippen LogP contribution < -0.4 is 14.8 Å². The zero-order valence-electron chi connectivity index (χ0n) is 12.1. The van der Waals surface area contributed by atoms with Crippen LogP contribution in [0.2, 0.25) is 0 Å². The molecule has 1 unspecified atom stereocenters. The third-order valence-electron chi connectivity index (χ3n) is 3.53. The van der Waals surface area contributed by atoms with Gasteiger partial charge in [-0.3, -0.25) is 4.79 Å². The van der Waals surface area contributed by atoms with Gasteiger partial charge in [0.2, 0.25) is 0 Å². The second kappa shape index (κ2) is 6.34. The maximum absolute atomic E-state index is 12.2. The van der Waals surface area contributed by atoms with Crippen LogP contribution in [-0.2, 0) is 9.84 Å². The molecule has 1 aromatic carbocycles. The molecule has 7 heteroatoms. The summed E-state index contributed by atoms with van der Waals surface area (Å²) in [7, 11) is 0.0458. The number of benzene rings is 1. The van der Waals surface area contributed by atoms with Gasteiger partial charge in [0.05, 0.1) is 31.3 Å². The lowest BCUT2D eigenvalue weighted by atomic mass is 10.1. The second-order valence-corrected chi connectivity index (χ2v) is 7.25. The molecule has 1 fully saturated rings. The van der Waals surface area contributed by atoms with Gasteiger partial charge in [-0.2, -0.15) is 0 Å². The predicted molar refractivity (Wildman–Crippen MR) is 78.6 cm³/mol. The Morgan fingerprint density at radius 3 is 2.67 bits per heavy atom. The molecule has 0 saturated carbocycles. The molecule has 1 saturated heterocycles. The molecule has 1 amide bonds. The fourth-order valence-electron chi connectivity index (χ4n) is 2.43. The fourth-order valence-corrected chi connectivity index (χ4v) is 4.29. The summed E-state index contributed by atoms with van der Waals surface area (Å²) < 4.78 is 33.1. The molecule has 0 aliphatic carbocycles. The second-order valence-electron chi connectivity index (χ2n) is 5.02. The average molecular weight is 313 g/mol. The van der Waals surface area contributed by atoms with Gasteiger partial charge in [0.1, 0.15) is 0 Å². The zero-order chi connectivity index (χ0) is 15.5. The molecule has 116 valence electrons. The Bertz CT molecular complexity index is 626. The highest BCUT2D eigenvalue weighted by Crippen LogP contribution is 2.30. The first kappa shape index (κ1) is 15.6. The van der Waals surface area contributed by atoms with Crippen LogP contribution in [0.15, 0.2) is 18.2 Å². The van der Waals surface area contributed by atoms with Crippen molar-refractivity contribution < 1.29 is 22.7 Å². The Kier molecular flexibility index (Phi) is 4.72. The van der Waals surface area contributed by atoms with Crippen molar-refractivity contribution in [3.05, 3.63) is 23.8 Å². The third kappa shape index (κ3) is 3.66. The number of para-hydroxylation sites is 1. The first-order valence-electron chi connectivity index (χ1n) is 6.66. The van der Waals surface area contributed by atoms with Gasteiger partial charge in [-0.1, -0.05) is 6.07 Å². The van der Waals surface area contributed by atoms with Crippen molar-refractivity contribution in [2.24, 2.45) is 5.92 Å². The molecule has 0 spiro atoms. The van der Waals surface area contributed by atoms with E-state index < -0.39 is 9.84 Å². The summed E-state index contributed by atoms with van der Waals surface area (Å²) in [5.41, 5.74) is 0.373. The smallest absolute Gasteiger partial charge is 0.255 e. The normalized spacial score (nSPS) is 20.0. The lowest BCUT2D eigenvalue weighted by Crippen LogP contribution is -2.30. The minimum atomic E-state index is -2.93. The number of sulfone groups is 1. The predicted octanol–water partition coefficient (Wildman–Crippen LogP) is 0.868. The van der Waals surface area contributed by atoms with E-state index in [-0.39, 0.29) is 23.3 Å². The Labute approximate surface area is 124 Å². The SMILES string of the molecule is COc1cccc(C(=O)NCC2CCS(=O)(=O)C2)c1OC. The molecular weight excluding hydrogens is 294 g/mol. The van der Waals surface area contributed by atoms with Crippen molar-refractivity contribution in [3.63, 3.8) is 0 Å². The molecule has 0 aromatic heterocycles. The van der Waals surface area contributed by atoms with Gasteiger partial charge in [0.15, 0.2) is 21.3 Å². The van der Waals surface area contributed by atoms with Gasteiger partial charge in [-0.25, -0.2) is 8.42 Å². The fraction of sp³-hybridized carbons (Fsp3) is 0.500. The maximum atomic E-state index is 12.2.